The summed E-state index contributed by atoms with van der Waals surface area (Å²) in [5, 5.41) is 7.06. The molecule has 2 N–H and O–H groups in total. The number of nitrogens with one attached hydrogen (secondary N) is 2. The minimum Gasteiger partial charge on any atom is -0.493 e. The van der Waals surface area contributed by atoms with Gasteiger partial charge in [-0.1, -0.05) is 15.9 Å². The number of halogens is 1. The van der Waals surface area contributed by atoms with Crippen molar-refractivity contribution >= 4 is 33.3 Å². The maximum absolute atomic E-state index is 6.05. The van der Waals surface area contributed by atoms with Gasteiger partial charge in [-0.15, -0.1) is 0 Å². The SMILES string of the molecule is COc1cc(Br)cc2c1OC1(C)CC2NC(=S)N1. The summed E-state index contributed by atoms with van der Waals surface area (Å²) in [6.07, 6.45) is 0.819. The third kappa shape index (κ3) is 1.83. The summed E-state index contributed by atoms with van der Waals surface area (Å²) in [6, 6.07) is 4.10. The molecule has 4 nitrogen and oxygen atoms in total. The van der Waals surface area contributed by atoms with E-state index >= 15 is 0 Å². The van der Waals surface area contributed by atoms with Crippen LogP contribution in [0, 0.1) is 0 Å². The van der Waals surface area contributed by atoms with Crippen molar-refractivity contribution in [2.45, 2.75) is 25.1 Å². The van der Waals surface area contributed by atoms with Crippen LogP contribution in [0.15, 0.2) is 16.6 Å². The fourth-order valence-corrected chi connectivity index (χ4v) is 3.33. The number of benzene rings is 1. The molecule has 6 heteroatoms. The second kappa shape index (κ2) is 3.99. The Kier molecular flexibility index (Phi) is 2.67. The van der Waals surface area contributed by atoms with Gasteiger partial charge >= 0.3 is 0 Å². The Morgan fingerprint density at radius 1 is 1.56 bits per heavy atom. The summed E-state index contributed by atoms with van der Waals surface area (Å²) in [4.78, 5) is 0. The van der Waals surface area contributed by atoms with Crippen molar-refractivity contribution in [1.29, 1.82) is 0 Å². The van der Waals surface area contributed by atoms with Crippen molar-refractivity contribution in [2.75, 3.05) is 7.11 Å². The molecule has 3 rings (SSSR count). The lowest BCUT2D eigenvalue weighted by Gasteiger charge is -2.46. The Morgan fingerprint density at radius 2 is 2.33 bits per heavy atom. The molecule has 2 unspecified atom stereocenters. The second-order valence-electron chi connectivity index (χ2n) is 4.71. The normalized spacial score (nSPS) is 28.6. The maximum atomic E-state index is 6.05. The molecule has 96 valence electrons. The van der Waals surface area contributed by atoms with E-state index in [-0.39, 0.29) is 6.04 Å². The fraction of sp³-hybridized carbons (Fsp3) is 0.417. The van der Waals surface area contributed by atoms with E-state index < -0.39 is 5.72 Å². The van der Waals surface area contributed by atoms with Gasteiger partial charge in [-0.3, -0.25) is 0 Å². The predicted molar refractivity (Wildman–Crippen MR) is 76.0 cm³/mol. The number of fused-ring (bicyclic) bond motifs is 4. The molecule has 1 aromatic carbocycles. The third-order valence-corrected chi connectivity index (χ3v) is 3.93. The number of ether oxygens (including phenoxy) is 2. The van der Waals surface area contributed by atoms with Crippen molar-refractivity contribution in [3.63, 3.8) is 0 Å². The summed E-state index contributed by atoms with van der Waals surface area (Å²) in [5.74, 6) is 1.51. The van der Waals surface area contributed by atoms with Crippen molar-refractivity contribution in [3.05, 3.63) is 22.2 Å². The molecule has 0 amide bonds. The Hall–Kier alpha value is -1.01. The molecular formula is C12H13BrN2O2S. The highest BCUT2D eigenvalue weighted by Gasteiger charge is 2.43. The van der Waals surface area contributed by atoms with E-state index in [4.69, 9.17) is 21.7 Å². The van der Waals surface area contributed by atoms with Gasteiger partial charge in [-0.05, 0) is 31.3 Å². The van der Waals surface area contributed by atoms with Gasteiger partial charge in [0, 0.05) is 16.5 Å². The third-order valence-electron chi connectivity index (χ3n) is 3.25. The predicted octanol–water partition coefficient (Wildman–Crippen LogP) is 2.48. The van der Waals surface area contributed by atoms with Crippen LogP contribution < -0.4 is 20.1 Å². The largest absolute Gasteiger partial charge is 0.493 e. The first-order valence-corrected chi connectivity index (χ1v) is 6.86. The standard InChI is InChI=1S/C12H13BrN2O2S/c1-12-5-8(14-11(18)15-12)7-3-6(13)4-9(16-2)10(7)17-12/h3-4,8H,5H2,1-2H3,(H2,14,15,18). The lowest BCUT2D eigenvalue weighted by molar-refractivity contribution is 0.0222. The van der Waals surface area contributed by atoms with E-state index in [0.717, 1.165) is 28.0 Å². The van der Waals surface area contributed by atoms with Gasteiger partial charge in [0.1, 0.15) is 0 Å². The van der Waals surface area contributed by atoms with Gasteiger partial charge in [0.25, 0.3) is 0 Å². The highest BCUT2D eigenvalue weighted by molar-refractivity contribution is 9.10. The minimum absolute atomic E-state index is 0.152. The topological polar surface area (TPSA) is 42.5 Å². The van der Waals surface area contributed by atoms with Crippen molar-refractivity contribution in [3.8, 4) is 11.5 Å². The molecule has 1 saturated heterocycles. The number of methoxy groups -OCH3 is 1. The summed E-state index contributed by atoms with van der Waals surface area (Å²) >= 11 is 8.70. The Balaban J connectivity index is 2.15. The van der Waals surface area contributed by atoms with Gasteiger partial charge in [0.2, 0.25) is 0 Å². The van der Waals surface area contributed by atoms with E-state index in [2.05, 4.69) is 26.6 Å². The first-order valence-electron chi connectivity index (χ1n) is 5.66. The smallest absolute Gasteiger partial charge is 0.182 e. The van der Waals surface area contributed by atoms with Crippen LogP contribution in [0.5, 0.6) is 11.5 Å². The summed E-state index contributed by atoms with van der Waals surface area (Å²) in [5.41, 5.74) is 0.601. The van der Waals surface area contributed by atoms with Crippen molar-refractivity contribution < 1.29 is 9.47 Å². The van der Waals surface area contributed by atoms with Crippen LogP contribution in [-0.2, 0) is 0 Å². The lowest BCUT2D eigenvalue weighted by Crippen LogP contribution is -2.62. The van der Waals surface area contributed by atoms with E-state index in [1.54, 1.807) is 7.11 Å². The van der Waals surface area contributed by atoms with Crippen LogP contribution in [0.1, 0.15) is 24.9 Å². The molecule has 2 heterocycles. The molecule has 2 aliphatic heterocycles. The zero-order chi connectivity index (χ0) is 12.9. The molecule has 0 aliphatic carbocycles. The van der Waals surface area contributed by atoms with Gasteiger partial charge in [-0.25, -0.2) is 0 Å². The minimum atomic E-state index is -0.471. The molecule has 2 aliphatic rings. The van der Waals surface area contributed by atoms with E-state index in [1.165, 1.54) is 0 Å². The summed E-state index contributed by atoms with van der Waals surface area (Å²) in [7, 11) is 1.64. The average molecular weight is 329 g/mol. The molecule has 1 fully saturated rings. The summed E-state index contributed by atoms with van der Waals surface area (Å²) in [6.45, 7) is 2.00. The molecule has 2 atom stereocenters. The zero-order valence-electron chi connectivity index (χ0n) is 10.0. The highest BCUT2D eigenvalue weighted by atomic mass is 79.9. The van der Waals surface area contributed by atoms with E-state index in [9.17, 15) is 0 Å². The Labute approximate surface area is 119 Å². The molecule has 0 aromatic heterocycles. The quantitative estimate of drug-likeness (QED) is 0.775. The van der Waals surface area contributed by atoms with E-state index in [0.29, 0.717) is 5.11 Å². The van der Waals surface area contributed by atoms with Crippen LogP contribution in [0.4, 0.5) is 0 Å². The van der Waals surface area contributed by atoms with E-state index in [1.807, 2.05) is 19.1 Å². The van der Waals surface area contributed by atoms with Crippen molar-refractivity contribution in [2.24, 2.45) is 0 Å². The monoisotopic (exact) mass is 328 g/mol. The van der Waals surface area contributed by atoms with Crippen LogP contribution >= 0.6 is 28.1 Å². The Morgan fingerprint density at radius 3 is 3.06 bits per heavy atom. The number of rotatable bonds is 1. The fourth-order valence-electron chi connectivity index (χ4n) is 2.51. The van der Waals surface area contributed by atoms with Crippen LogP contribution in [0.3, 0.4) is 0 Å². The van der Waals surface area contributed by atoms with Crippen LogP contribution in [0.25, 0.3) is 0 Å². The number of thiocarbonyl (C=S) groups is 1. The first kappa shape index (κ1) is 12.0. The molecule has 0 spiro atoms. The zero-order valence-corrected chi connectivity index (χ0v) is 12.4. The molecular weight excluding hydrogens is 316 g/mol. The Bertz CT molecular complexity index is 537. The maximum Gasteiger partial charge on any atom is 0.182 e. The molecule has 2 bridgehead atoms. The summed E-state index contributed by atoms with van der Waals surface area (Å²) < 4.78 is 12.4. The van der Waals surface area contributed by atoms with Crippen molar-refractivity contribution in [1.82, 2.24) is 10.6 Å². The van der Waals surface area contributed by atoms with Crippen LogP contribution in [-0.4, -0.2) is 17.9 Å². The van der Waals surface area contributed by atoms with Gasteiger partial charge < -0.3 is 20.1 Å². The first-order chi connectivity index (χ1) is 8.50. The second-order valence-corrected chi connectivity index (χ2v) is 6.04. The van der Waals surface area contributed by atoms with Gasteiger partial charge in [0.15, 0.2) is 22.3 Å². The number of hydrogen-bond donors (Lipinski definition) is 2. The molecule has 0 radical (unpaired) electrons. The average Bonchev–Trinajstić information content (AvgIpc) is 2.28. The molecule has 1 aromatic rings. The van der Waals surface area contributed by atoms with Gasteiger partial charge in [0.05, 0.1) is 13.2 Å². The van der Waals surface area contributed by atoms with Crippen LogP contribution in [0.2, 0.25) is 0 Å². The molecule has 18 heavy (non-hydrogen) atoms. The molecule has 0 saturated carbocycles. The highest BCUT2D eigenvalue weighted by Crippen LogP contribution is 2.46. The lowest BCUT2D eigenvalue weighted by atomic mass is 9.91. The van der Waals surface area contributed by atoms with Gasteiger partial charge in [-0.2, -0.15) is 0 Å². The number of hydrogen-bond acceptors (Lipinski definition) is 3.